The standard InChI is InChI=1S/C23H22ClN3OS/c24-20-1-2-21-22(19-11-18(13-25-14-19)17-3-10-29-16-17)15-27(23(21)12-20)5-4-26-6-8-28-9-7-26/h1-3,10-16H,4-9H2. The van der Waals surface area contributed by atoms with Crippen LogP contribution in [0.4, 0.5) is 0 Å². The minimum absolute atomic E-state index is 0.764. The van der Waals surface area contributed by atoms with Crippen LogP contribution in [0.3, 0.4) is 0 Å². The van der Waals surface area contributed by atoms with Crippen LogP contribution in [0.5, 0.6) is 0 Å². The van der Waals surface area contributed by atoms with Gasteiger partial charge >= 0.3 is 0 Å². The van der Waals surface area contributed by atoms with Crippen LogP contribution in [0.25, 0.3) is 33.2 Å². The lowest BCUT2D eigenvalue weighted by Gasteiger charge is -2.26. The van der Waals surface area contributed by atoms with Crippen LogP contribution >= 0.6 is 22.9 Å². The first kappa shape index (κ1) is 18.8. The molecule has 0 bridgehead atoms. The summed E-state index contributed by atoms with van der Waals surface area (Å²) in [6.45, 7) is 5.58. The average Bonchev–Trinajstić information content (AvgIpc) is 3.41. The smallest absolute Gasteiger partial charge is 0.0594 e. The first-order chi connectivity index (χ1) is 14.3. The van der Waals surface area contributed by atoms with E-state index in [1.807, 2.05) is 18.5 Å². The van der Waals surface area contributed by atoms with Gasteiger partial charge in [-0.25, -0.2) is 0 Å². The van der Waals surface area contributed by atoms with E-state index < -0.39 is 0 Å². The Morgan fingerprint density at radius 2 is 1.86 bits per heavy atom. The molecule has 4 nitrogen and oxygen atoms in total. The molecule has 1 aliphatic rings. The van der Waals surface area contributed by atoms with E-state index >= 15 is 0 Å². The zero-order valence-corrected chi connectivity index (χ0v) is 17.6. The van der Waals surface area contributed by atoms with Crippen molar-refractivity contribution in [2.24, 2.45) is 0 Å². The minimum Gasteiger partial charge on any atom is -0.379 e. The SMILES string of the molecule is Clc1ccc2c(-c3cncc(-c4ccsc4)c3)cn(CCN3CCOCC3)c2c1. The van der Waals surface area contributed by atoms with Gasteiger partial charge in [0, 0.05) is 71.9 Å². The third-order valence-corrected chi connectivity index (χ3v) is 6.43. The Bertz CT molecular complexity index is 1120. The number of ether oxygens (including phenoxy) is 1. The summed E-state index contributed by atoms with van der Waals surface area (Å²) in [5.74, 6) is 0. The van der Waals surface area contributed by atoms with Crippen LogP contribution in [-0.4, -0.2) is 47.3 Å². The number of halogens is 1. The highest BCUT2D eigenvalue weighted by Gasteiger charge is 2.15. The molecular weight excluding hydrogens is 402 g/mol. The van der Waals surface area contributed by atoms with Gasteiger partial charge in [0.1, 0.15) is 0 Å². The predicted molar refractivity (Wildman–Crippen MR) is 121 cm³/mol. The molecule has 0 spiro atoms. The van der Waals surface area contributed by atoms with Crippen molar-refractivity contribution in [3.63, 3.8) is 0 Å². The van der Waals surface area contributed by atoms with E-state index in [1.165, 1.54) is 22.0 Å². The second-order valence-electron chi connectivity index (χ2n) is 7.33. The number of pyridine rings is 1. The fourth-order valence-electron chi connectivity index (χ4n) is 3.93. The monoisotopic (exact) mass is 423 g/mol. The van der Waals surface area contributed by atoms with Crippen LogP contribution in [0.15, 0.2) is 59.7 Å². The number of nitrogens with zero attached hydrogens (tertiary/aromatic N) is 3. The molecule has 0 saturated carbocycles. The van der Waals surface area contributed by atoms with Crippen molar-refractivity contribution in [2.45, 2.75) is 6.54 Å². The van der Waals surface area contributed by atoms with Gasteiger partial charge in [-0.1, -0.05) is 17.7 Å². The lowest BCUT2D eigenvalue weighted by Crippen LogP contribution is -2.38. The summed E-state index contributed by atoms with van der Waals surface area (Å²) < 4.78 is 7.79. The molecule has 4 aromatic rings. The second-order valence-corrected chi connectivity index (χ2v) is 8.54. The first-order valence-corrected chi connectivity index (χ1v) is 11.2. The second kappa shape index (κ2) is 8.28. The molecule has 29 heavy (non-hydrogen) atoms. The van der Waals surface area contributed by atoms with E-state index in [1.54, 1.807) is 11.3 Å². The summed E-state index contributed by atoms with van der Waals surface area (Å²) in [4.78, 5) is 6.97. The molecule has 1 aromatic carbocycles. The summed E-state index contributed by atoms with van der Waals surface area (Å²) in [6, 6.07) is 10.5. The van der Waals surface area contributed by atoms with Gasteiger partial charge in [0.05, 0.1) is 18.7 Å². The predicted octanol–water partition coefficient (Wildman–Crippen LogP) is 5.42. The zero-order valence-electron chi connectivity index (χ0n) is 16.1. The van der Waals surface area contributed by atoms with Crippen molar-refractivity contribution in [1.82, 2.24) is 14.5 Å². The van der Waals surface area contributed by atoms with Crippen LogP contribution < -0.4 is 0 Å². The quantitative estimate of drug-likeness (QED) is 0.429. The molecule has 5 rings (SSSR count). The maximum absolute atomic E-state index is 6.34. The normalized spacial score (nSPS) is 15.2. The average molecular weight is 424 g/mol. The molecule has 0 unspecified atom stereocenters. The summed E-state index contributed by atoms with van der Waals surface area (Å²) in [7, 11) is 0. The van der Waals surface area contributed by atoms with Crippen LogP contribution in [0.2, 0.25) is 5.02 Å². The molecule has 6 heteroatoms. The third-order valence-electron chi connectivity index (χ3n) is 5.51. The number of thiophene rings is 1. The molecule has 148 valence electrons. The van der Waals surface area contributed by atoms with Crippen LogP contribution in [-0.2, 0) is 11.3 Å². The lowest BCUT2D eigenvalue weighted by atomic mass is 10.0. The Morgan fingerprint density at radius 1 is 1.00 bits per heavy atom. The van der Waals surface area contributed by atoms with Gasteiger partial charge in [0.2, 0.25) is 0 Å². The van der Waals surface area contributed by atoms with Gasteiger partial charge in [0.15, 0.2) is 0 Å². The topological polar surface area (TPSA) is 30.3 Å². The molecule has 0 radical (unpaired) electrons. The molecule has 1 aliphatic heterocycles. The molecule has 0 atom stereocenters. The van der Waals surface area contributed by atoms with Gasteiger partial charge in [-0.3, -0.25) is 9.88 Å². The Kier molecular flexibility index (Phi) is 5.38. The molecule has 3 aromatic heterocycles. The van der Waals surface area contributed by atoms with Gasteiger partial charge in [0.25, 0.3) is 0 Å². The maximum Gasteiger partial charge on any atom is 0.0594 e. The van der Waals surface area contributed by atoms with E-state index in [-0.39, 0.29) is 0 Å². The van der Waals surface area contributed by atoms with Crippen molar-refractivity contribution in [3.05, 3.63) is 64.7 Å². The molecule has 1 fully saturated rings. The number of rotatable bonds is 5. The molecule has 1 saturated heterocycles. The van der Waals surface area contributed by atoms with E-state index in [2.05, 4.69) is 55.7 Å². The van der Waals surface area contributed by atoms with E-state index in [0.29, 0.717) is 0 Å². The highest BCUT2D eigenvalue weighted by atomic mass is 35.5. The van der Waals surface area contributed by atoms with E-state index in [9.17, 15) is 0 Å². The van der Waals surface area contributed by atoms with Crippen molar-refractivity contribution < 1.29 is 4.74 Å². The molecule has 0 aliphatic carbocycles. The molecule has 0 amide bonds. The van der Waals surface area contributed by atoms with Gasteiger partial charge < -0.3 is 9.30 Å². The fourth-order valence-corrected chi connectivity index (χ4v) is 4.76. The number of fused-ring (bicyclic) bond motifs is 1. The summed E-state index contributed by atoms with van der Waals surface area (Å²) >= 11 is 8.04. The van der Waals surface area contributed by atoms with Crippen LogP contribution in [0.1, 0.15) is 0 Å². The van der Waals surface area contributed by atoms with E-state index in [0.717, 1.165) is 55.5 Å². The van der Waals surface area contributed by atoms with E-state index in [4.69, 9.17) is 16.3 Å². The van der Waals surface area contributed by atoms with Gasteiger partial charge in [-0.2, -0.15) is 11.3 Å². The zero-order chi connectivity index (χ0) is 19.6. The summed E-state index contributed by atoms with van der Waals surface area (Å²) in [6.07, 6.45) is 6.13. The number of aromatic nitrogens is 2. The van der Waals surface area contributed by atoms with Crippen LogP contribution in [0, 0.1) is 0 Å². The van der Waals surface area contributed by atoms with Crippen molar-refractivity contribution in [2.75, 3.05) is 32.8 Å². The molecular formula is C23H22ClN3OS. The van der Waals surface area contributed by atoms with Crippen molar-refractivity contribution in [3.8, 4) is 22.3 Å². The Balaban J connectivity index is 1.51. The number of benzene rings is 1. The highest BCUT2D eigenvalue weighted by molar-refractivity contribution is 7.08. The highest BCUT2D eigenvalue weighted by Crippen LogP contribution is 2.34. The Morgan fingerprint density at radius 3 is 2.69 bits per heavy atom. The summed E-state index contributed by atoms with van der Waals surface area (Å²) in [5, 5.41) is 6.23. The van der Waals surface area contributed by atoms with Crippen molar-refractivity contribution >= 4 is 33.8 Å². The van der Waals surface area contributed by atoms with Gasteiger partial charge in [-0.15, -0.1) is 0 Å². The first-order valence-electron chi connectivity index (χ1n) is 9.84. The lowest BCUT2D eigenvalue weighted by molar-refractivity contribution is 0.0365. The Labute approximate surface area is 179 Å². The fraction of sp³-hybridized carbons (Fsp3) is 0.261. The maximum atomic E-state index is 6.34. The van der Waals surface area contributed by atoms with Crippen molar-refractivity contribution in [1.29, 1.82) is 0 Å². The summed E-state index contributed by atoms with van der Waals surface area (Å²) in [5.41, 5.74) is 5.85. The van der Waals surface area contributed by atoms with Gasteiger partial charge in [-0.05, 0) is 40.6 Å². The third kappa shape index (κ3) is 3.96. The minimum atomic E-state index is 0.764. The largest absolute Gasteiger partial charge is 0.379 e. The molecule has 0 N–H and O–H groups in total. The Hall–Kier alpha value is -2.18. The number of hydrogen-bond donors (Lipinski definition) is 0. The number of hydrogen-bond acceptors (Lipinski definition) is 4. The molecule has 4 heterocycles. The number of morpholine rings is 1.